The van der Waals surface area contributed by atoms with E-state index < -0.39 is 10.0 Å². The van der Waals surface area contributed by atoms with Gasteiger partial charge in [0, 0.05) is 24.5 Å². The quantitative estimate of drug-likeness (QED) is 0.435. The highest BCUT2D eigenvalue weighted by molar-refractivity contribution is 7.89. The number of rotatable bonds is 12. The van der Waals surface area contributed by atoms with Crippen LogP contribution in [-0.2, 0) is 28.3 Å². The lowest BCUT2D eigenvalue weighted by Gasteiger charge is -2.50. The van der Waals surface area contributed by atoms with Crippen LogP contribution in [0.3, 0.4) is 0 Å². The summed E-state index contributed by atoms with van der Waals surface area (Å²) in [5.41, 5.74) is 5.68. The van der Waals surface area contributed by atoms with Gasteiger partial charge in [-0.3, -0.25) is 0 Å². The first-order valence-electron chi connectivity index (χ1n) is 13.0. The van der Waals surface area contributed by atoms with E-state index in [0.29, 0.717) is 26.1 Å². The molecule has 0 bridgehead atoms. The van der Waals surface area contributed by atoms with Gasteiger partial charge in [-0.1, -0.05) is 43.7 Å². The molecule has 0 amide bonds. The molecule has 1 fully saturated rings. The Labute approximate surface area is 211 Å². The molecule has 192 valence electrons. The third kappa shape index (κ3) is 6.26. The largest absolute Gasteiger partial charge is 0.494 e. The van der Waals surface area contributed by atoms with Crippen molar-refractivity contribution >= 4 is 10.0 Å². The van der Waals surface area contributed by atoms with Crippen molar-refractivity contribution in [3.63, 3.8) is 0 Å². The summed E-state index contributed by atoms with van der Waals surface area (Å²) in [6, 6.07) is 15.9. The van der Waals surface area contributed by atoms with Gasteiger partial charge in [0.25, 0.3) is 0 Å². The minimum Gasteiger partial charge on any atom is -0.494 e. The van der Waals surface area contributed by atoms with Gasteiger partial charge in [-0.25, -0.2) is 13.1 Å². The van der Waals surface area contributed by atoms with Crippen molar-refractivity contribution in [3.8, 4) is 5.75 Å². The minimum absolute atomic E-state index is 0.0758. The van der Waals surface area contributed by atoms with Crippen molar-refractivity contribution in [1.82, 2.24) is 14.9 Å². The lowest BCUT2D eigenvalue weighted by atomic mass is 9.58. The van der Waals surface area contributed by atoms with Crippen LogP contribution in [0.2, 0.25) is 0 Å². The van der Waals surface area contributed by atoms with Crippen molar-refractivity contribution in [1.29, 1.82) is 0 Å². The van der Waals surface area contributed by atoms with E-state index in [-0.39, 0.29) is 17.2 Å². The molecule has 1 heterocycles. The number of sulfonamides is 1. The van der Waals surface area contributed by atoms with E-state index in [9.17, 15) is 8.42 Å². The summed E-state index contributed by atoms with van der Waals surface area (Å²) in [6.45, 7) is 4.69. The van der Waals surface area contributed by atoms with Crippen LogP contribution >= 0.6 is 0 Å². The fourth-order valence-corrected chi connectivity index (χ4v) is 6.47. The number of hydrogen-bond donors (Lipinski definition) is 2. The van der Waals surface area contributed by atoms with Gasteiger partial charge in [0.05, 0.1) is 12.4 Å². The molecular formula is C28H41N3O3S. The van der Waals surface area contributed by atoms with Crippen molar-refractivity contribution in [2.24, 2.45) is 0 Å². The van der Waals surface area contributed by atoms with E-state index in [2.05, 4.69) is 53.4 Å². The van der Waals surface area contributed by atoms with Crippen LogP contribution in [0.15, 0.2) is 42.5 Å². The number of likely N-dealkylation sites (N-methyl/N-ethyl adjacent to an activating group) is 1. The summed E-state index contributed by atoms with van der Waals surface area (Å²) in [5.74, 6) is 0.901. The Morgan fingerprint density at radius 3 is 2.57 bits per heavy atom. The number of benzene rings is 2. The molecule has 0 radical (unpaired) electrons. The van der Waals surface area contributed by atoms with Gasteiger partial charge in [-0.2, -0.15) is 0 Å². The smallest absolute Gasteiger partial charge is 0.211 e. The predicted molar refractivity (Wildman–Crippen MR) is 143 cm³/mol. The zero-order chi connectivity index (χ0) is 24.9. The SMILES string of the molecule is CCc1ccc(C2(C3NCCc4ccc(OCCCS(=O)(=O)NCCN(C)C)cc43)CCC2)cc1. The molecule has 0 spiro atoms. The van der Waals surface area contributed by atoms with Gasteiger partial charge in [-0.05, 0) is 87.1 Å². The first-order valence-corrected chi connectivity index (χ1v) is 14.7. The lowest BCUT2D eigenvalue weighted by molar-refractivity contribution is 0.164. The maximum Gasteiger partial charge on any atom is 0.211 e. The zero-order valence-electron chi connectivity index (χ0n) is 21.5. The molecule has 0 aromatic heterocycles. The average molecular weight is 500 g/mol. The van der Waals surface area contributed by atoms with Gasteiger partial charge in [-0.15, -0.1) is 0 Å². The second kappa shape index (κ2) is 11.4. The molecule has 6 nitrogen and oxygen atoms in total. The zero-order valence-corrected chi connectivity index (χ0v) is 22.3. The van der Waals surface area contributed by atoms with E-state index in [1.807, 2.05) is 25.1 Å². The van der Waals surface area contributed by atoms with Crippen molar-refractivity contribution in [2.75, 3.05) is 46.1 Å². The molecule has 0 saturated heterocycles. The van der Waals surface area contributed by atoms with E-state index in [1.165, 1.54) is 41.5 Å². The molecule has 1 aliphatic heterocycles. The molecular weight excluding hydrogens is 458 g/mol. The molecule has 1 atom stereocenters. The normalized spacial score (nSPS) is 19.3. The van der Waals surface area contributed by atoms with Crippen LogP contribution in [0.5, 0.6) is 5.75 Å². The molecule has 2 aliphatic rings. The summed E-state index contributed by atoms with van der Waals surface area (Å²) >= 11 is 0. The van der Waals surface area contributed by atoms with Gasteiger partial charge in [0.1, 0.15) is 5.75 Å². The molecule has 1 unspecified atom stereocenters. The lowest BCUT2D eigenvalue weighted by Crippen LogP contribution is -2.49. The third-order valence-electron chi connectivity index (χ3n) is 7.61. The maximum absolute atomic E-state index is 12.2. The highest BCUT2D eigenvalue weighted by atomic mass is 32.2. The van der Waals surface area contributed by atoms with Gasteiger partial charge >= 0.3 is 0 Å². The van der Waals surface area contributed by atoms with Crippen molar-refractivity contribution in [3.05, 3.63) is 64.7 Å². The highest BCUT2D eigenvalue weighted by Gasteiger charge is 2.47. The molecule has 1 saturated carbocycles. The van der Waals surface area contributed by atoms with E-state index in [4.69, 9.17) is 4.74 Å². The standard InChI is InChI=1S/C28H41N3O3S/c1-4-22-7-10-24(11-8-22)28(14-5-15-28)27-26-21-25(12-9-23(26)13-16-29-27)34-19-6-20-35(32,33)30-17-18-31(2)3/h7-12,21,27,29-30H,4-6,13-20H2,1-3H3. The second-order valence-corrected chi connectivity index (χ2v) is 12.2. The molecule has 1 aliphatic carbocycles. The monoisotopic (exact) mass is 499 g/mol. The summed E-state index contributed by atoms with van der Waals surface area (Å²) < 4.78 is 33.1. The van der Waals surface area contributed by atoms with Crippen LogP contribution < -0.4 is 14.8 Å². The van der Waals surface area contributed by atoms with E-state index in [1.54, 1.807) is 0 Å². The van der Waals surface area contributed by atoms with Gasteiger partial charge in [0.15, 0.2) is 0 Å². The van der Waals surface area contributed by atoms with Gasteiger partial charge in [0.2, 0.25) is 10.0 Å². The summed E-state index contributed by atoms with van der Waals surface area (Å²) in [4.78, 5) is 1.96. The van der Waals surface area contributed by atoms with E-state index in [0.717, 1.165) is 25.1 Å². The van der Waals surface area contributed by atoms with Crippen LogP contribution in [0.1, 0.15) is 60.9 Å². The Morgan fingerprint density at radius 2 is 1.91 bits per heavy atom. The number of aryl methyl sites for hydroxylation is 1. The second-order valence-electron chi connectivity index (χ2n) is 10.3. The van der Waals surface area contributed by atoms with E-state index >= 15 is 0 Å². The molecule has 7 heteroatoms. The molecule has 2 aromatic carbocycles. The fourth-order valence-electron chi connectivity index (χ4n) is 5.42. The summed E-state index contributed by atoms with van der Waals surface area (Å²) in [7, 11) is 0.580. The Balaban J connectivity index is 1.41. The topological polar surface area (TPSA) is 70.7 Å². The third-order valence-corrected chi connectivity index (χ3v) is 9.08. The number of ether oxygens (including phenoxy) is 1. The number of nitrogens with zero attached hydrogens (tertiary/aromatic N) is 1. The summed E-state index contributed by atoms with van der Waals surface area (Å²) in [6.07, 6.45) is 6.19. The van der Waals surface area contributed by atoms with Crippen molar-refractivity contribution in [2.45, 2.75) is 56.9 Å². The highest BCUT2D eigenvalue weighted by Crippen LogP contribution is 2.53. The molecule has 2 aromatic rings. The predicted octanol–water partition coefficient (Wildman–Crippen LogP) is 3.81. The number of hydrogen-bond acceptors (Lipinski definition) is 5. The number of fused-ring (bicyclic) bond motifs is 1. The van der Waals surface area contributed by atoms with Crippen molar-refractivity contribution < 1.29 is 13.2 Å². The minimum atomic E-state index is -3.27. The maximum atomic E-state index is 12.2. The first-order chi connectivity index (χ1) is 16.8. The molecule has 4 rings (SSSR count). The Bertz CT molecular complexity index is 1080. The van der Waals surface area contributed by atoms with Crippen LogP contribution in [0.25, 0.3) is 0 Å². The summed E-state index contributed by atoms with van der Waals surface area (Å²) in [5, 5.41) is 3.84. The Morgan fingerprint density at radius 1 is 1.14 bits per heavy atom. The Hall–Kier alpha value is -1.93. The first kappa shape index (κ1) is 26.1. The Kier molecular flexibility index (Phi) is 8.53. The fraction of sp³-hybridized carbons (Fsp3) is 0.571. The molecule has 35 heavy (non-hydrogen) atoms. The van der Waals surface area contributed by atoms with Crippen LogP contribution in [0, 0.1) is 0 Å². The number of nitrogens with one attached hydrogen (secondary N) is 2. The van der Waals surface area contributed by atoms with Gasteiger partial charge < -0.3 is 15.0 Å². The average Bonchev–Trinajstić information content (AvgIpc) is 2.81. The van der Waals surface area contributed by atoms with Crippen LogP contribution in [0.4, 0.5) is 0 Å². The van der Waals surface area contributed by atoms with Crippen LogP contribution in [-0.4, -0.2) is 59.4 Å². The molecule has 2 N–H and O–H groups in total.